The van der Waals surface area contributed by atoms with Crippen molar-refractivity contribution in [3.05, 3.63) is 35.4 Å². The van der Waals surface area contributed by atoms with E-state index in [1.54, 1.807) is 6.92 Å². The maximum absolute atomic E-state index is 13.4. The molecule has 1 atom stereocenters. The number of aliphatic carboxylic acids is 1. The van der Waals surface area contributed by atoms with Gasteiger partial charge in [-0.2, -0.15) is 0 Å². The minimum atomic E-state index is -0.799. The molecular formula is C13H15F2NO2. The number of halogens is 2. The molecule has 98 valence electrons. The Morgan fingerprint density at radius 3 is 2.72 bits per heavy atom. The number of likely N-dealkylation sites (tertiary alicyclic amines) is 1. The van der Waals surface area contributed by atoms with Gasteiger partial charge in [0.15, 0.2) is 0 Å². The van der Waals surface area contributed by atoms with Gasteiger partial charge in [-0.05, 0) is 12.0 Å². The number of nitrogens with zero attached hydrogens (tertiary/aromatic N) is 1. The fourth-order valence-corrected chi connectivity index (χ4v) is 2.15. The molecule has 18 heavy (non-hydrogen) atoms. The summed E-state index contributed by atoms with van der Waals surface area (Å²) in [5, 5.41) is 8.85. The van der Waals surface area contributed by atoms with Gasteiger partial charge in [0.05, 0.1) is 5.92 Å². The van der Waals surface area contributed by atoms with Crippen LogP contribution in [0, 0.1) is 23.5 Å². The van der Waals surface area contributed by atoms with Gasteiger partial charge < -0.3 is 5.11 Å². The van der Waals surface area contributed by atoms with Crippen LogP contribution in [-0.4, -0.2) is 29.1 Å². The lowest BCUT2D eigenvalue weighted by Crippen LogP contribution is -2.50. The summed E-state index contributed by atoms with van der Waals surface area (Å²) in [6, 6.07) is 3.53. The third-order valence-electron chi connectivity index (χ3n) is 3.49. The molecule has 1 aliphatic rings. The molecule has 2 rings (SSSR count). The highest BCUT2D eigenvalue weighted by atomic mass is 19.1. The average Bonchev–Trinajstić information content (AvgIpc) is 2.24. The third kappa shape index (κ3) is 2.67. The second kappa shape index (κ2) is 5.02. The lowest BCUT2D eigenvalue weighted by atomic mass is 9.87. The minimum Gasteiger partial charge on any atom is -0.481 e. The largest absolute Gasteiger partial charge is 0.481 e. The summed E-state index contributed by atoms with van der Waals surface area (Å²) in [4.78, 5) is 12.7. The second-order valence-corrected chi connectivity index (χ2v) is 4.82. The SMILES string of the molecule is CC(C(=O)O)C1CN(Cc2ccc(F)cc2F)C1. The Hall–Kier alpha value is -1.49. The zero-order valence-corrected chi connectivity index (χ0v) is 10.1. The van der Waals surface area contributed by atoms with E-state index in [2.05, 4.69) is 0 Å². The van der Waals surface area contributed by atoms with Crippen LogP contribution in [0.1, 0.15) is 12.5 Å². The number of rotatable bonds is 4. The quantitative estimate of drug-likeness (QED) is 0.895. The maximum Gasteiger partial charge on any atom is 0.306 e. The first-order valence-electron chi connectivity index (χ1n) is 5.86. The predicted octanol–water partition coefficient (Wildman–Crippen LogP) is 2.12. The van der Waals surface area contributed by atoms with Crippen molar-refractivity contribution in [1.82, 2.24) is 4.90 Å². The molecule has 1 heterocycles. The van der Waals surface area contributed by atoms with E-state index in [9.17, 15) is 13.6 Å². The molecule has 0 radical (unpaired) electrons. The van der Waals surface area contributed by atoms with E-state index in [0.717, 1.165) is 6.07 Å². The zero-order valence-electron chi connectivity index (χ0n) is 10.1. The Morgan fingerprint density at radius 2 is 2.17 bits per heavy atom. The average molecular weight is 255 g/mol. The molecule has 0 amide bonds. The predicted molar refractivity (Wildman–Crippen MR) is 61.9 cm³/mol. The molecule has 0 aliphatic carbocycles. The Labute approximate surface area is 104 Å². The van der Waals surface area contributed by atoms with Gasteiger partial charge in [-0.1, -0.05) is 13.0 Å². The van der Waals surface area contributed by atoms with E-state index in [4.69, 9.17) is 5.11 Å². The molecule has 1 unspecified atom stereocenters. The molecule has 0 aromatic heterocycles. The van der Waals surface area contributed by atoms with Gasteiger partial charge in [0, 0.05) is 31.3 Å². The van der Waals surface area contributed by atoms with Crippen molar-refractivity contribution in [3.63, 3.8) is 0 Å². The zero-order chi connectivity index (χ0) is 13.3. The minimum absolute atomic E-state index is 0.117. The molecule has 1 aromatic carbocycles. The van der Waals surface area contributed by atoms with Crippen LogP contribution >= 0.6 is 0 Å². The fourth-order valence-electron chi connectivity index (χ4n) is 2.15. The number of carboxylic acids is 1. The van der Waals surface area contributed by atoms with Crippen molar-refractivity contribution in [3.8, 4) is 0 Å². The van der Waals surface area contributed by atoms with Crippen molar-refractivity contribution in [2.24, 2.45) is 11.8 Å². The Morgan fingerprint density at radius 1 is 1.50 bits per heavy atom. The van der Waals surface area contributed by atoms with Gasteiger partial charge in [-0.15, -0.1) is 0 Å². The molecule has 0 spiro atoms. The van der Waals surface area contributed by atoms with Crippen LogP contribution in [0.25, 0.3) is 0 Å². The van der Waals surface area contributed by atoms with Gasteiger partial charge in [-0.25, -0.2) is 8.78 Å². The molecular weight excluding hydrogens is 240 g/mol. The first-order chi connectivity index (χ1) is 8.47. The summed E-state index contributed by atoms with van der Waals surface area (Å²) in [5.41, 5.74) is 0.442. The van der Waals surface area contributed by atoms with E-state index in [0.29, 0.717) is 25.2 Å². The highest BCUT2D eigenvalue weighted by Gasteiger charge is 2.34. The molecule has 1 aromatic rings. The molecule has 1 saturated heterocycles. The van der Waals surface area contributed by atoms with Crippen molar-refractivity contribution in [2.45, 2.75) is 13.5 Å². The molecule has 1 fully saturated rings. The molecule has 1 N–H and O–H groups in total. The van der Waals surface area contributed by atoms with Crippen LogP contribution < -0.4 is 0 Å². The first kappa shape index (κ1) is 13.0. The van der Waals surface area contributed by atoms with Gasteiger partial charge in [0.1, 0.15) is 11.6 Å². The molecule has 1 aliphatic heterocycles. The van der Waals surface area contributed by atoms with Crippen LogP contribution in [-0.2, 0) is 11.3 Å². The summed E-state index contributed by atoms with van der Waals surface area (Å²) in [6.07, 6.45) is 0. The Balaban J connectivity index is 1.88. The van der Waals surface area contributed by atoms with Crippen molar-refractivity contribution >= 4 is 5.97 Å². The second-order valence-electron chi connectivity index (χ2n) is 4.82. The van der Waals surface area contributed by atoms with Crippen LogP contribution in [0.3, 0.4) is 0 Å². The molecule has 0 saturated carbocycles. The summed E-state index contributed by atoms with van der Waals surface area (Å²) < 4.78 is 26.1. The summed E-state index contributed by atoms with van der Waals surface area (Å²) in [5.74, 6) is -2.19. The smallest absolute Gasteiger partial charge is 0.306 e. The highest BCUT2D eigenvalue weighted by molar-refractivity contribution is 5.70. The number of hydrogen-bond acceptors (Lipinski definition) is 2. The molecule has 5 heteroatoms. The summed E-state index contributed by atoms with van der Waals surface area (Å²) in [6.45, 7) is 3.37. The Bertz CT molecular complexity index is 458. The number of carbonyl (C=O) groups is 1. The highest BCUT2D eigenvalue weighted by Crippen LogP contribution is 2.26. The topological polar surface area (TPSA) is 40.5 Å². The van der Waals surface area contributed by atoms with Crippen LogP contribution in [0.15, 0.2) is 18.2 Å². The van der Waals surface area contributed by atoms with Gasteiger partial charge >= 0.3 is 5.97 Å². The van der Waals surface area contributed by atoms with Crippen molar-refractivity contribution < 1.29 is 18.7 Å². The number of hydrogen-bond donors (Lipinski definition) is 1. The maximum atomic E-state index is 13.4. The van der Waals surface area contributed by atoms with Crippen LogP contribution in [0.2, 0.25) is 0 Å². The van der Waals surface area contributed by atoms with E-state index < -0.39 is 17.6 Å². The van der Waals surface area contributed by atoms with E-state index in [1.807, 2.05) is 4.90 Å². The summed E-state index contributed by atoms with van der Waals surface area (Å²) in [7, 11) is 0. The van der Waals surface area contributed by atoms with Crippen LogP contribution in [0.4, 0.5) is 8.78 Å². The standard InChI is InChI=1S/C13H15F2NO2/c1-8(13(17)18)10-6-16(7-10)5-9-2-3-11(14)4-12(9)15/h2-4,8,10H,5-7H2,1H3,(H,17,18). The normalized spacial score (nSPS) is 18.4. The summed E-state index contributed by atoms with van der Waals surface area (Å²) >= 11 is 0. The molecule has 0 bridgehead atoms. The first-order valence-corrected chi connectivity index (χ1v) is 5.86. The lowest BCUT2D eigenvalue weighted by Gasteiger charge is -2.41. The Kier molecular flexibility index (Phi) is 3.61. The van der Waals surface area contributed by atoms with E-state index >= 15 is 0 Å². The van der Waals surface area contributed by atoms with Gasteiger partial charge in [0.25, 0.3) is 0 Å². The van der Waals surface area contributed by atoms with E-state index in [1.165, 1.54) is 12.1 Å². The third-order valence-corrected chi connectivity index (χ3v) is 3.49. The van der Waals surface area contributed by atoms with E-state index in [-0.39, 0.29) is 11.8 Å². The molecule has 3 nitrogen and oxygen atoms in total. The van der Waals surface area contributed by atoms with Crippen molar-refractivity contribution in [2.75, 3.05) is 13.1 Å². The van der Waals surface area contributed by atoms with Crippen molar-refractivity contribution in [1.29, 1.82) is 0 Å². The van der Waals surface area contributed by atoms with Gasteiger partial charge in [-0.3, -0.25) is 9.69 Å². The lowest BCUT2D eigenvalue weighted by molar-refractivity contribution is -0.145. The number of benzene rings is 1. The number of carboxylic acid groups (broad SMARTS) is 1. The monoisotopic (exact) mass is 255 g/mol. The fraction of sp³-hybridized carbons (Fsp3) is 0.462. The van der Waals surface area contributed by atoms with Gasteiger partial charge in [0.2, 0.25) is 0 Å². The van der Waals surface area contributed by atoms with Crippen LogP contribution in [0.5, 0.6) is 0 Å².